The van der Waals surface area contributed by atoms with Crippen molar-refractivity contribution in [1.29, 1.82) is 0 Å². The van der Waals surface area contributed by atoms with E-state index < -0.39 is 22.5 Å². The zero-order valence-corrected chi connectivity index (χ0v) is 16.0. The lowest BCUT2D eigenvalue weighted by Gasteiger charge is -2.26. The number of alkyl halides is 2. The Hall–Kier alpha value is -2.53. The Bertz CT molecular complexity index is 956. The first-order valence-corrected chi connectivity index (χ1v) is 10.1. The molecule has 1 N–H and O–H groups in total. The molecule has 3 rings (SSSR count). The molecule has 1 amide bonds. The van der Waals surface area contributed by atoms with Crippen LogP contribution < -0.4 is 10.1 Å². The van der Waals surface area contributed by atoms with Gasteiger partial charge in [-0.1, -0.05) is 6.42 Å². The van der Waals surface area contributed by atoms with E-state index in [0.717, 1.165) is 31.5 Å². The molecule has 1 fully saturated rings. The molecule has 28 heavy (non-hydrogen) atoms. The number of aromatic nitrogens is 2. The van der Waals surface area contributed by atoms with Crippen LogP contribution in [0.2, 0.25) is 0 Å². The molecule has 0 unspecified atom stereocenters. The highest BCUT2D eigenvalue weighted by molar-refractivity contribution is 7.89. The van der Waals surface area contributed by atoms with Gasteiger partial charge in [0.2, 0.25) is 10.0 Å². The molecular formula is C17H20F2N4O4S. The SMILES string of the molecule is COc1ccc(S(=O)(=O)N2CCCCC2)cc1NC(=O)c1ccn(C(F)F)n1. The number of hydrogen-bond donors (Lipinski definition) is 1. The van der Waals surface area contributed by atoms with E-state index in [-0.39, 0.29) is 22.0 Å². The molecule has 1 saturated heterocycles. The quantitative estimate of drug-likeness (QED) is 0.785. The van der Waals surface area contributed by atoms with E-state index in [1.807, 2.05) is 0 Å². The fraction of sp³-hybridized carbons (Fsp3) is 0.412. The third-order valence-corrected chi connectivity index (χ3v) is 6.31. The predicted molar refractivity (Wildman–Crippen MR) is 97.0 cm³/mol. The number of piperidine rings is 1. The molecule has 11 heteroatoms. The smallest absolute Gasteiger partial charge is 0.333 e. The average molecular weight is 414 g/mol. The van der Waals surface area contributed by atoms with Crippen LogP contribution in [-0.4, -0.2) is 48.6 Å². The van der Waals surface area contributed by atoms with Crippen molar-refractivity contribution in [1.82, 2.24) is 14.1 Å². The van der Waals surface area contributed by atoms with Gasteiger partial charge in [-0.25, -0.2) is 13.1 Å². The maximum absolute atomic E-state index is 12.8. The summed E-state index contributed by atoms with van der Waals surface area (Å²) in [6.45, 7) is -1.98. The summed E-state index contributed by atoms with van der Waals surface area (Å²) >= 11 is 0. The Balaban J connectivity index is 1.87. The van der Waals surface area contributed by atoms with Crippen molar-refractivity contribution >= 4 is 21.6 Å². The molecule has 0 bridgehead atoms. The molecule has 152 valence electrons. The van der Waals surface area contributed by atoms with Crippen LogP contribution in [0.5, 0.6) is 5.75 Å². The molecule has 1 aliphatic heterocycles. The zero-order chi connectivity index (χ0) is 20.3. The highest BCUT2D eigenvalue weighted by atomic mass is 32.2. The van der Waals surface area contributed by atoms with Crippen LogP contribution in [0.3, 0.4) is 0 Å². The molecule has 0 atom stereocenters. The first kappa shape index (κ1) is 20.2. The van der Waals surface area contributed by atoms with Crippen molar-refractivity contribution < 1.29 is 26.7 Å². The Morgan fingerprint density at radius 2 is 1.93 bits per heavy atom. The maximum atomic E-state index is 12.8. The van der Waals surface area contributed by atoms with Crippen molar-refractivity contribution in [3.8, 4) is 5.75 Å². The van der Waals surface area contributed by atoms with Gasteiger partial charge in [0.1, 0.15) is 5.75 Å². The molecule has 0 spiro atoms. The van der Waals surface area contributed by atoms with E-state index in [9.17, 15) is 22.0 Å². The lowest BCUT2D eigenvalue weighted by molar-refractivity contribution is 0.0561. The highest BCUT2D eigenvalue weighted by Crippen LogP contribution is 2.30. The minimum atomic E-state index is -3.71. The molecule has 8 nitrogen and oxygen atoms in total. The summed E-state index contributed by atoms with van der Waals surface area (Å²) in [5, 5.41) is 5.97. The second-order valence-corrected chi connectivity index (χ2v) is 8.18. The Labute approximate surface area is 161 Å². The number of carbonyl (C=O) groups is 1. The number of hydrogen-bond acceptors (Lipinski definition) is 5. The van der Waals surface area contributed by atoms with E-state index in [1.165, 1.54) is 29.6 Å². The van der Waals surface area contributed by atoms with Crippen LogP contribution in [0.25, 0.3) is 0 Å². The molecule has 0 saturated carbocycles. The highest BCUT2D eigenvalue weighted by Gasteiger charge is 2.27. The van der Waals surface area contributed by atoms with Gasteiger partial charge in [-0.3, -0.25) is 4.79 Å². The van der Waals surface area contributed by atoms with Gasteiger partial charge in [-0.05, 0) is 37.1 Å². The van der Waals surface area contributed by atoms with E-state index in [4.69, 9.17) is 4.74 Å². The molecular weight excluding hydrogens is 394 g/mol. The number of carbonyl (C=O) groups excluding carboxylic acids is 1. The monoisotopic (exact) mass is 414 g/mol. The number of halogens is 2. The zero-order valence-electron chi connectivity index (χ0n) is 15.1. The summed E-state index contributed by atoms with van der Waals surface area (Å²) in [5.41, 5.74) is -0.121. The van der Waals surface area contributed by atoms with Crippen LogP contribution in [-0.2, 0) is 10.0 Å². The molecule has 1 aliphatic rings. The predicted octanol–water partition coefficient (Wildman–Crippen LogP) is 2.71. The van der Waals surface area contributed by atoms with E-state index in [2.05, 4.69) is 10.4 Å². The van der Waals surface area contributed by atoms with E-state index in [0.29, 0.717) is 17.8 Å². The number of nitrogens with one attached hydrogen (secondary N) is 1. The number of benzene rings is 1. The average Bonchev–Trinajstić information content (AvgIpc) is 3.19. The lowest BCUT2D eigenvalue weighted by Crippen LogP contribution is -2.35. The Morgan fingerprint density at radius 3 is 2.54 bits per heavy atom. The van der Waals surface area contributed by atoms with Crippen molar-refractivity contribution in [2.24, 2.45) is 0 Å². The molecule has 1 aromatic carbocycles. The topological polar surface area (TPSA) is 93.5 Å². The van der Waals surface area contributed by atoms with Crippen molar-refractivity contribution in [2.75, 3.05) is 25.5 Å². The summed E-state index contributed by atoms with van der Waals surface area (Å²) in [6, 6.07) is 5.28. The van der Waals surface area contributed by atoms with Crippen molar-refractivity contribution in [3.05, 3.63) is 36.2 Å². The van der Waals surface area contributed by atoms with Crippen LogP contribution in [0, 0.1) is 0 Å². The van der Waals surface area contributed by atoms with Gasteiger partial charge in [0.05, 0.1) is 17.7 Å². The summed E-state index contributed by atoms with van der Waals surface area (Å²) in [5.74, 6) is -0.524. The Kier molecular flexibility index (Phi) is 5.94. The number of rotatable bonds is 6. The second kappa shape index (κ2) is 8.23. The Morgan fingerprint density at radius 1 is 1.21 bits per heavy atom. The summed E-state index contributed by atoms with van der Waals surface area (Å²) in [6.07, 6.45) is 3.56. The molecule has 1 aromatic heterocycles. The third kappa shape index (κ3) is 4.14. The molecule has 0 aliphatic carbocycles. The largest absolute Gasteiger partial charge is 0.495 e. The van der Waals surface area contributed by atoms with Gasteiger partial charge >= 0.3 is 6.55 Å². The van der Waals surface area contributed by atoms with Gasteiger partial charge in [0.25, 0.3) is 5.91 Å². The molecule has 2 heterocycles. The van der Waals surface area contributed by atoms with Gasteiger partial charge < -0.3 is 10.1 Å². The van der Waals surface area contributed by atoms with Crippen LogP contribution >= 0.6 is 0 Å². The van der Waals surface area contributed by atoms with Gasteiger partial charge in [0.15, 0.2) is 5.69 Å². The first-order chi connectivity index (χ1) is 13.3. The number of ether oxygens (including phenoxy) is 1. The van der Waals surface area contributed by atoms with Crippen molar-refractivity contribution in [2.45, 2.75) is 30.7 Å². The summed E-state index contributed by atoms with van der Waals surface area (Å²) in [4.78, 5) is 12.4. The van der Waals surface area contributed by atoms with E-state index in [1.54, 1.807) is 0 Å². The second-order valence-electron chi connectivity index (χ2n) is 6.24. The minimum Gasteiger partial charge on any atom is -0.495 e. The fourth-order valence-corrected chi connectivity index (χ4v) is 4.50. The van der Waals surface area contributed by atoms with E-state index >= 15 is 0 Å². The first-order valence-electron chi connectivity index (χ1n) is 8.66. The number of anilines is 1. The normalized spacial score (nSPS) is 15.6. The minimum absolute atomic E-state index is 0.0172. The van der Waals surface area contributed by atoms with Gasteiger partial charge in [0, 0.05) is 19.3 Å². The third-order valence-electron chi connectivity index (χ3n) is 4.41. The maximum Gasteiger partial charge on any atom is 0.333 e. The molecule has 2 aromatic rings. The number of methoxy groups -OCH3 is 1. The number of amides is 1. The van der Waals surface area contributed by atoms with Crippen LogP contribution in [0.4, 0.5) is 14.5 Å². The standard InChI is InChI=1S/C17H20F2N4O4S/c1-27-15-6-5-12(28(25,26)22-8-3-2-4-9-22)11-14(15)20-16(24)13-7-10-23(21-13)17(18)19/h5-7,10-11,17H,2-4,8-9H2,1H3,(H,20,24). The van der Waals surface area contributed by atoms with Crippen LogP contribution in [0.15, 0.2) is 35.4 Å². The number of sulfonamides is 1. The lowest BCUT2D eigenvalue weighted by atomic mass is 10.2. The van der Waals surface area contributed by atoms with Gasteiger partial charge in [-0.2, -0.15) is 18.2 Å². The van der Waals surface area contributed by atoms with Gasteiger partial charge in [-0.15, -0.1) is 0 Å². The summed E-state index contributed by atoms with van der Waals surface area (Å²) in [7, 11) is -2.34. The fourth-order valence-electron chi connectivity index (χ4n) is 2.95. The van der Waals surface area contributed by atoms with Crippen molar-refractivity contribution in [3.63, 3.8) is 0 Å². The molecule has 0 radical (unpaired) electrons. The summed E-state index contributed by atoms with van der Waals surface area (Å²) < 4.78 is 57.9. The number of nitrogens with zero attached hydrogens (tertiary/aromatic N) is 3. The van der Waals surface area contributed by atoms with Crippen LogP contribution in [0.1, 0.15) is 36.3 Å².